The van der Waals surface area contributed by atoms with Gasteiger partial charge in [0, 0.05) is 36.8 Å². The normalized spacial score (nSPS) is 16.3. The van der Waals surface area contributed by atoms with E-state index in [-0.39, 0.29) is 17.9 Å². The van der Waals surface area contributed by atoms with E-state index in [4.69, 9.17) is 4.98 Å². The monoisotopic (exact) mass is 403 g/mol. The largest absolute Gasteiger partial charge is 0.349 e. The number of hydrogen-bond donors (Lipinski definition) is 3. The second kappa shape index (κ2) is 8.82. The third-order valence-corrected chi connectivity index (χ3v) is 5.31. The highest BCUT2D eigenvalue weighted by Crippen LogP contribution is 2.27. The number of aromatic amines is 1. The number of anilines is 1. The molecule has 2 heterocycles. The molecule has 0 radical (unpaired) electrons. The number of piperidine rings is 1. The molecule has 1 saturated heterocycles. The van der Waals surface area contributed by atoms with Crippen LogP contribution in [-0.2, 0) is 0 Å². The van der Waals surface area contributed by atoms with Gasteiger partial charge in [-0.15, -0.1) is 6.58 Å². The van der Waals surface area contributed by atoms with Gasteiger partial charge in [-0.05, 0) is 49.2 Å². The molecule has 30 heavy (non-hydrogen) atoms. The number of H-pyrrole nitrogens is 1. The van der Waals surface area contributed by atoms with Crippen LogP contribution in [0.4, 0.5) is 10.5 Å². The molecule has 4 rings (SSSR count). The molecule has 1 fully saturated rings. The Morgan fingerprint density at radius 1 is 1.20 bits per heavy atom. The van der Waals surface area contributed by atoms with Crippen molar-refractivity contribution in [1.29, 1.82) is 0 Å². The number of fused-ring (bicyclic) bond motifs is 1. The van der Waals surface area contributed by atoms with Crippen molar-refractivity contribution in [3.63, 3.8) is 0 Å². The fraction of sp³-hybridized carbons (Fsp3) is 0.261. The summed E-state index contributed by atoms with van der Waals surface area (Å²) in [5.74, 6) is 0.953. The number of imidazole rings is 1. The second-order valence-corrected chi connectivity index (χ2v) is 7.43. The highest BCUT2D eigenvalue weighted by atomic mass is 16.2. The molecule has 3 amide bonds. The molecule has 0 aliphatic carbocycles. The molecule has 7 nitrogen and oxygen atoms in total. The van der Waals surface area contributed by atoms with E-state index in [1.807, 2.05) is 29.2 Å². The van der Waals surface area contributed by atoms with Crippen LogP contribution in [0.2, 0.25) is 0 Å². The van der Waals surface area contributed by atoms with Crippen LogP contribution >= 0.6 is 0 Å². The van der Waals surface area contributed by atoms with Crippen molar-refractivity contribution in [3.05, 3.63) is 72.6 Å². The number of carbonyl (C=O) groups excluding carboxylic acids is 2. The molecule has 7 heteroatoms. The average molecular weight is 403 g/mol. The number of aromatic nitrogens is 2. The number of benzene rings is 2. The zero-order valence-electron chi connectivity index (χ0n) is 16.7. The van der Waals surface area contributed by atoms with Crippen LogP contribution in [0.15, 0.2) is 61.2 Å². The molecule has 0 bridgehead atoms. The number of nitrogens with one attached hydrogen (secondary N) is 3. The minimum atomic E-state index is -0.169. The van der Waals surface area contributed by atoms with Crippen molar-refractivity contribution >= 4 is 28.7 Å². The summed E-state index contributed by atoms with van der Waals surface area (Å²) >= 11 is 0. The van der Waals surface area contributed by atoms with Gasteiger partial charge in [-0.3, -0.25) is 4.79 Å². The van der Waals surface area contributed by atoms with Gasteiger partial charge >= 0.3 is 6.03 Å². The van der Waals surface area contributed by atoms with Crippen molar-refractivity contribution in [2.75, 3.05) is 25.0 Å². The lowest BCUT2D eigenvalue weighted by Gasteiger charge is -2.31. The van der Waals surface area contributed by atoms with Crippen LogP contribution in [-0.4, -0.2) is 46.4 Å². The molecule has 1 atom stereocenters. The first-order valence-electron chi connectivity index (χ1n) is 10.1. The van der Waals surface area contributed by atoms with Crippen LogP contribution in [0, 0.1) is 0 Å². The third kappa shape index (κ3) is 4.35. The van der Waals surface area contributed by atoms with Crippen LogP contribution in [0.5, 0.6) is 0 Å². The molecule has 154 valence electrons. The Labute approximate surface area is 175 Å². The molecule has 0 saturated carbocycles. The highest BCUT2D eigenvalue weighted by Gasteiger charge is 2.26. The summed E-state index contributed by atoms with van der Waals surface area (Å²) in [6.45, 7) is 5.33. The number of hydrogen-bond acceptors (Lipinski definition) is 3. The van der Waals surface area contributed by atoms with E-state index in [1.165, 1.54) is 0 Å². The van der Waals surface area contributed by atoms with Gasteiger partial charge in [0.1, 0.15) is 5.82 Å². The molecular formula is C23H25N5O2. The Balaban J connectivity index is 1.38. The Kier molecular flexibility index (Phi) is 5.79. The van der Waals surface area contributed by atoms with Gasteiger partial charge in [0.15, 0.2) is 0 Å². The molecule has 1 aromatic heterocycles. The van der Waals surface area contributed by atoms with E-state index in [0.717, 1.165) is 29.7 Å². The van der Waals surface area contributed by atoms with Crippen molar-refractivity contribution in [3.8, 4) is 0 Å². The molecule has 3 N–H and O–H groups in total. The first kappa shape index (κ1) is 19.7. The van der Waals surface area contributed by atoms with E-state index < -0.39 is 0 Å². The predicted octanol–water partition coefficient (Wildman–Crippen LogP) is 3.89. The van der Waals surface area contributed by atoms with E-state index in [2.05, 4.69) is 22.2 Å². The van der Waals surface area contributed by atoms with Gasteiger partial charge in [0.25, 0.3) is 5.91 Å². The minimum Gasteiger partial charge on any atom is -0.349 e. The second-order valence-electron chi connectivity index (χ2n) is 7.43. The van der Waals surface area contributed by atoms with Crippen molar-refractivity contribution in [2.24, 2.45) is 0 Å². The lowest BCUT2D eigenvalue weighted by molar-refractivity contribution is 0.0958. The standard InChI is InChI=1S/C23H25N5O2/c1-2-13-24-22(29)16-9-11-18(12-10-16)25-23(30)28-14-5-6-17(15-28)21-26-19-7-3-4-8-20(19)27-21/h2-4,7-12,17H,1,5-6,13-15H2,(H,24,29)(H,25,30)(H,26,27). The third-order valence-electron chi connectivity index (χ3n) is 5.31. The number of nitrogens with zero attached hydrogens (tertiary/aromatic N) is 2. The summed E-state index contributed by atoms with van der Waals surface area (Å²) in [6, 6.07) is 14.7. The average Bonchev–Trinajstić information content (AvgIpc) is 3.22. The van der Waals surface area contributed by atoms with Crippen LogP contribution in [0.3, 0.4) is 0 Å². The summed E-state index contributed by atoms with van der Waals surface area (Å²) in [5.41, 5.74) is 3.17. The fourth-order valence-electron chi connectivity index (χ4n) is 3.73. The number of rotatable bonds is 5. The Morgan fingerprint density at radius 2 is 2.00 bits per heavy atom. The molecule has 0 spiro atoms. The molecular weight excluding hydrogens is 378 g/mol. The highest BCUT2D eigenvalue weighted by molar-refractivity contribution is 5.95. The summed E-state index contributed by atoms with van der Waals surface area (Å²) in [6.07, 6.45) is 3.55. The van der Waals surface area contributed by atoms with Gasteiger partial charge in [-0.1, -0.05) is 18.2 Å². The lowest BCUT2D eigenvalue weighted by atomic mass is 9.97. The quantitative estimate of drug-likeness (QED) is 0.565. The summed E-state index contributed by atoms with van der Waals surface area (Å²) in [7, 11) is 0. The van der Waals surface area contributed by atoms with Crippen LogP contribution < -0.4 is 10.6 Å². The smallest absolute Gasteiger partial charge is 0.321 e. The van der Waals surface area contributed by atoms with Crippen molar-refractivity contribution in [2.45, 2.75) is 18.8 Å². The molecule has 1 unspecified atom stereocenters. The van der Waals surface area contributed by atoms with E-state index >= 15 is 0 Å². The number of urea groups is 1. The Morgan fingerprint density at radius 3 is 2.77 bits per heavy atom. The van der Waals surface area contributed by atoms with Crippen LogP contribution in [0.1, 0.15) is 34.9 Å². The zero-order chi connectivity index (χ0) is 20.9. The van der Waals surface area contributed by atoms with Gasteiger partial charge in [-0.25, -0.2) is 9.78 Å². The van der Waals surface area contributed by atoms with Gasteiger partial charge in [0.2, 0.25) is 0 Å². The number of para-hydroxylation sites is 2. The van der Waals surface area contributed by atoms with E-state index in [9.17, 15) is 9.59 Å². The minimum absolute atomic E-state index is 0.139. The predicted molar refractivity (Wildman–Crippen MR) is 118 cm³/mol. The van der Waals surface area contributed by atoms with Crippen LogP contribution in [0.25, 0.3) is 11.0 Å². The molecule has 1 aliphatic heterocycles. The van der Waals surface area contributed by atoms with E-state index in [1.54, 1.807) is 30.3 Å². The summed E-state index contributed by atoms with van der Waals surface area (Å²) in [4.78, 5) is 34.6. The lowest BCUT2D eigenvalue weighted by Crippen LogP contribution is -2.41. The van der Waals surface area contributed by atoms with Gasteiger partial charge in [-0.2, -0.15) is 0 Å². The van der Waals surface area contributed by atoms with Gasteiger partial charge < -0.3 is 20.5 Å². The SMILES string of the molecule is C=CCNC(=O)c1ccc(NC(=O)N2CCCC(c3nc4ccccc4[nH]3)C2)cc1. The van der Waals surface area contributed by atoms with Gasteiger partial charge in [0.05, 0.1) is 11.0 Å². The fourth-order valence-corrected chi connectivity index (χ4v) is 3.73. The maximum Gasteiger partial charge on any atom is 0.321 e. The Bertz CT molecular complexity index is 1020. The summed E-state index contributed by atoms with van der Waals surface area (Å²) < 4.78 is 0. The topological polar surface area (TPSA) is 90.1 Å². The molecule has 1 aliphatic rings. The molecule has 3 aromatic rings. The first-order chi connectivity index (χ1) is 14.6. The maximum absolute atomic E-state index is 12.8. The van der Waals surface area contributed by atoms with E-state index in [0.29, 0.717) is 30.9 Å². The zero-order valence-corrected chi connectivity index (χ0v) is 16.7. The number of carbonyl (C=O) groups is 2. The summed E-state index contributed by atoms with van der Waals surface area (Å²) in [5, 5.41) is 5.66. The Hall–Kier alpha value is -3.61. The maximum atomic E-state index is 12.8. The van der Waals surface area contributed by atoms with Crippen molar-refractivity contribution in [1.82, 2.24) is 20.2 Å². The van der Waals surface area contributed by atoms with Crippen molar-refractivity contribution < 1.29 is 9.59 Å². The molecule has 2 aromatic carbocycles. The number of likely N-dealkylation sites (tertiary alicyclic amines) is 1. The first-order valence-corrected chi connectivity index (χ1v) is 10.1. The number of amides is 3.